The Bertz CT molecular complexity index is 343. The number of nitrogens with one attached hydrogen (secondary N) is 2. The summed E-state index contributed by atoms with van der Waals surface area (Å²) >= 11 is 0. The van der Waals surface area contributed by atoms with Crippen molar-refractivity contribution in [2.75, 3.05) is 7.05 Å². The Morgan fingerprint density at radius 2 is 2.22 bits per heavy atom. The highest BCUT2D eigenvalue weighted by Crippen LogP contribution is 2.20. The number of carbonyl (C=O) groups excluding carboxylic acids is 1. The molecule has 1 rings (SSSR count). The molecule has 0 aromatic rings. The van der Waals surface area contributed by atoms with Crippen LogP contribution < -0.4 is 10.6 Å². The summed E-state index contributed by atoms with van der Waals surface area (Å²) in [7, 11) is 1.51. The lowest BCUT2D eigenvalue weighted by atomic mass is 10.0. The lowest BCUT2D eigenvalue weighted by Crippen LogP contribution is -2.36. The van der Waals surface area contributed by atoms with Gasteiger partial charge in [0.1, 0.15) is 0 Å². The third kappa shape index (κ3) is 4.83. The standard InChI is InChI=1S/C12H18F2N2O2/c1-8-5-3-4-6-9(7-10(17)15-2)16-11(8)18-12(13)14/h7,11-12,16H,1,3-6H2,2H3,(H,15,17)/b9-7-. The van der Waals surface area contributed by atoms with Crippen molar-refractivity contribution in [1.82, 2.24) is 10.6 Å². The van der Waals surface area contributed by atoms with Crippen molar-refractivity contribution in [3.8, 4) is 0 Å². The van der Waals surface area contributed by atoms with E-state index in [1.807, 2.05) is 0 Å². The number of alkyl halides is 2. The Hall–Kier alpha value is -1.43. The molecule has 2 N–H and O–H groups in total. The molecular weight excluding hydrogens is 242 g/mol. The summed E-state index contributed by atoms with van der Waals surface area (Å²) in [5.41, 5.74) is 1.15. The average Bonchev–Trinajstić information content (AvgIpc) is 2.30. The maximum absolute atomic E-state index is 12.3. The molecule has 1 atom stereocenters. The lowest BCUT2D eigenvalue weighted by Gasteiger charge is -2.26. The first-order valence-corrected chi connectivity index (χ1v) is 5.83. The number of carbonyl (C=O) groups is 1. The zero-order valence-corrected chi connectivity index (χ0v) is 10.3. The van der Waals surface area contributed by atoms with E-state index in [1.54, 1.807) is 0 Å². The van der Waals surface area contributed by atoms with Gasteiger partial charge in [-0.1, -0.05) is 6.58 Å². The molecule has 1 aliphatic heterocycles. The second kappa shape index (κ2) is 7.10. The van der Waals surface area contributed by atoms with E-state index in [1.165, 1.54) is 13.1 Å². The fourth-order valence-electron chi connectivity index (χ4n) is 1.72. The zero-order valence-electron chi connectivity index (χ0n) is 10.3. The summed E-state index contributed by atoms with van der Waals surface area (Å²) < 4.78 is 29.0. The van der Waals surface area contributed by atoms with Gasteiger partial charge >= 0.3 is 6.61 Å². The molecule has 1 saturated heterocycles. The molecule has 0 spiro atoms. The largest absolute Gasteiger partial charge is 0.360 e. The summed E-state index contributed by atoms with van der Waals surface area (Å²) in [6, 6.07) is 0. The molecule has 4 nitrogen and oxygen atoms in total. The highest BCUT2D eigenvalue weighted by atomic mass is 19.3. The van der Waals surface area contributed by atoms with Gasteiger partial charge in [-0.05, 0) is 31.3 Å². The Morgan fingerprint density at radius 1 is 1.56 bits per heavy atom. The minimum atomic E-state index is -2.88. The monoisotopic (exact) mass is 260 g/mol. The number of ether oxygens (including phenoxy) is 1. The molecular formula is C12H18F2N2O2. The maximum Gasteiger partial charge on any atom is 0.347 e. The Labute approximate surface area is 105 Å². The van der Waals surface area contributed by atoms with Crippen LogP contribution in [-0.4, -0.2) is 25.8 Å². The van der Waals surface area contributed by atoms with Crippen LogP contribution in [0.2, 0.25) is 0 Å². The van der Waals surface area contributed by atoms with Crippen LogP contribution in [0.4, 0.5) is 8.78 Å². The molecule has 1 amide bonds. The number of likely N-dealkylation sites (N-methyl/N-ethyl adjacent to an activating group) is 1. The Balaban J connectivity index is 2.76. The maximum atomic E-state index is 12.3. The molecule has 0 radical (unpaired) electrons. The zero-order chi connectivity index (χ0) is 13.5. The molecule has 1 aliphatic rings. The summed E-state index contributed by atoms with van der Waals surface area (Å²) in [6.07, 6.45) is 3.40. The fourth-order valence-corrected chi connectivity index (χ4v) is 1.72. The van der Waals surface area contributed by atoms with Crippen molar-refractivity contribution in [2.24, 2.45) is 0 Å². The van der Waals surface area contributed by atoms with E-state index >= 15 is 0 Å². The minimum Gasteiger partial charge on any atom is -0.360 e. The molecule has 0 bridgehead atoms. The van der Waals surface area contributed by atoms with Crippen LogP contribution >= 0.6 is 0 Å². The van der Waals surface area contributed by atoms with Gasteiger partial charge in [-0.3, -0.25) is 9.53 Å². The quantitative estimate of drug-likeness (QED) is 0.602. The molecule has 0 saturated carbocycles. The van der Waals surface area contributed by atoms with Gasteiger partial charge in [0.05, 0.1) is 0 Å². The summed E-state index contributed by atoms with van der Waals surface area (Å²) in [6.45, 7) is 0.860. The predicted molar refractivity (Wildman–Crippen MR) is 63.8 cm³/mol. The van der Waals surface area contributed by atoms with Gasteiger partial charge < -0.3 is 10.6 Å². The van der Waals surface area contributed by atoms with Crippen molar-refractivity contribution >= 4 is 5.91 Å². The van der Waals surface area contributed by atoms with E-state index in [0.29, 0.717) is 24.1 Å². The number of hydrogen-bond donors (Lipinski definition) is 2. The van der Waals surface area contributed by atoms with Gasteiger partial charge in [-0.25, -0.2) is 0 Å². The molecule has 18 heavy (non-hydrogen) atoms. The van der Waals surface area contributed by atoms with E-state index in [2.05, 4.69) is 21.9 Å². The van der Waals surface area contributed by atoms with Crippen LogP contribution in [0.5, 0.6) is 0 Å². The van der Waals surface area contributed by atoms with E-state index in [9.17, 15) is 13.6 Å². The van der Waals surface area contributed by atoms with Crippen molar-refractivity contribution in [3.63, 3.8) is 0 Å². The smallest absolute Gasteiger partial charge is 0.347 e. The van der Waals surface area contributed by atoms with E-state index in [4.69, 9.17) is 0 Å². The third-order valence-electron chi connectivity index (χ3n) is 2.67. The van der Waals surface area contributed by atoms with Gasteiger partial charge in [0.15, 0.2) is 6.23 Å². The summed E-state index contributed by atoms with van der Waals surface area (Å²) in [5, 5.41) is 5.25. The Morgan fingerprint density at radius 3 is 2.83 bits per heavy atom. The minimum absolute atomic E-state index is 0.278. The van der Waals surface area contributed by atoms with Gasteiger partial charge in [-0.15, -0.1) is 0 Å². The topological polar surface area (TPSA) is 50.4 Å². The Kier molecular flexibility index (Phi) is 5.77. The van der Waals surface area contributed by atoms with Crippen LogP contribution in [-0.2, 0) is 9.53 Å². The molecule has 1 fully saturated rings. The van der Waals surface area contributed by atoms with Crippen LogP contribution in [0.15, 0.2) is 23.9 Å². The molecule has 0 aromatic heterocycles. The second-order valence-corrected chi connectivity index (χ2v) is 4.07. The summed E-state index contributed by atoms with van der Waals surface area (Å²) in [4.78, 5) is 11.2. The number of halogens is 2. The SMILES string of the molecule is C=C1CCCC/C(=C/C(=O)NC)NC1OC(F)F. The first-order valence-electron chi connectivity index (χ1n) is 5.83. The molecule has 1 unspecified atom stereocenters. The highest BCUT2D eigenvalue weighted by molar-refractivity contribution is 5.87. The summed E-state index contributed by atoms with van der Waals surface area (Å²) in [5.74, 6) is -0.278. The van der Waals surface area contributed by atoms with Crippen LogP contribution in [0.25, 0.3) is 0 Å². The van der Waals surface area contributed by atoms with E-state index in [0.717, 1.165) is 12.8 Å². The van der Waals surface area contributed by atoms with Crippen molar-refractivity contribution in [1.29, 1.82) is 0 Å². The molecule has 0 aliphatic carbocycles. The number of allylic oxidation sites excluding steroid dienone is 1. The van der Waals surface area contributed by atoms with Crippen LogP contribution in [0.1, 0.15) is 25.7 Å². The van der Waals surface area contributed by atoms with Crippen molar-refractivity contribution in [3.05, 3.63) is 23.9 Å². The van der Waals surface area contributed by atoms with Crippen molar-refractivity contribution in [2.45, 2.75) is 38.5 Å². The number of amides is 1. The van der Waals surface area contributed by atoms with Crippen LogP contribution in [0.3, 0.4) is 0 Å². The number of rotatable bonds is 3. The van der Waals surface area contributed by atoms with Crippen molar-refractivity contribution < 1.29 is 18.3 Å². The molecule has 102 valence electrons. The van der Waals surface area contributed by atoms with Gasteiger partial charge in [0, 0.05) is 18.8 Å². The van der Waals surface area contributed by atoms with Crippen LogP contribution in [0, 0.1) is 0 Å². The van der Waals surface area contributed by atoms with Gasteiger partial charge in [0.2, 0.25) is 5.91 Å². The average molecular weight is 260 g/mol. The van der Waals surface area contributed by atoms with E-state index in [-0.39, 0.29) is 5.91 Å². The highest BCUT2D eigenvalue weighted by Gasteiger charge is 2.21. The first-order chi connectivity index (χ1) is 8.52. The van der Waals surface area contributed by atoms with Gasteiger partial charge in [0.25, 0.3) is 0 Å². The van der Waals surface area contributed by atoms with Gasteiger partial charge in [-0.2, -0.15) is 8.78 Å². The lowest BCUT2D eigenvalue weighted by molar-refractivity contribution is -0.159. The normalized spacial score (nSPS) is 23.4. The first kappa shape index (κ1) is 14.6. The third-order valence-corrected chi connectivity index (χ3v) is 2.67. The second-order valence-electron chi connectivity index (χ2n) is 4.07. The molecule has 0 aromatic carbocycles. The fraction of sp³-hybridized carbons (Fsp3) is 0.583. The number of hydrogen-bond acceptors (Lipinski definition) is 3. The van der Waals surface area contributed by atoms with E-state index < -0.39 is 12.8 Å². The molecule has 1 heterocycles. The molecule has 6 heteroatoms. The predicted octanol–water partition coefficient (Wildman–Crippen LogP) is 1.90.